The molecule has 0 radical (unpaired) electrons. The molecule has 144 valence electrons. The van der Waals surface area contributed by atoms with Crippen molar-refractivity contribution in [2.24, 2.45) is 0 Å². The van der Waals surface area contributed by atoms with Crippen LogP contribution in [0.15, 0.2) is 42.6 Å². The Morgan fingerprint density at radius 2 is 2.14 bits per heavy atom. The van der Waals surface area contributed by atoms with Gasteiger partial charge in [0.1, 0.15) is 5.82 Å². The molecule has 2 aromatic carbocycles. The highest BCUT2D eigenvalue weighted by molar-refractivity contribution is 6.30. The summed E-state index contributed by atoms with van der Waals surface area (Å²) in [4.78, 5) is 28.1. The van der Waals surface area contributed by atoms with Crippen LogP contribution in [-0.2, 0) is 22.4 Å². The smallest absolute Gasteiger partial charge is 0.339 e. The summed E-state index contributed by atoms with van der Waals surface area (Å²) in [5, 5.41) is 4.11. The summed E-state index contributed by atoms with van der Waals surface area (Å²) in [6, 6.07) is 9.45. The highest BCUT2D eigenvalue weighted by Crippen LogP contribution is 2.30. The molecule has 1 aliphatic rings. The number of hydrogen-bond donors (Lipinski definition) is 2. The van der Waals surface area contributed by atoms with Crippen molar-refractivity contribution in [2.75, 3.05) is 6.54 Å². The molecule has 1 amide bonds. The molecule has 28 heavy (non-hydrogen) atoms. The third-order valence-electron chi connectivity index (χ3n) is 5.02. The van der Waals surface area contributed by atoms with Crippen molar-refractivity contribution >= 4 is 34.4 Å². The Labute approximate surface area is 165 Å². The summed E-state index contributed by atoms with van der Waals surface area (Å²) in [7, 11) is 0. The standard InChI is InChI=1S/C21H18ClFN2O3/c1-21(10-13-8-14(22)2-4-16(13)19(26)28-21)20(27)24-7-6-12-11-25-18-5-3-15(23)9-17(12)18/h2-5,8-9,11,25H,6-7,10H2,1H3,(H,24,27). The predicted molar refractivity (Wildman–Crippen MR) is 104 cm³/mol. The lowest BCUT2D eigenvalue weighted by molar-refractivity contribution is -0.139. The van der Waals surface area contributed by atoms with E-state index >= 15 is 0 Å². The Morgan fingerprint density at radius 1 is 1.32 bits per heavy atom. The summed E-state index contributed by atoms with van der Waals surface area (Å²) in [6.07, 6.45) is 2.57. The minimum atomic E-state index is -1.30. The topological polar surface area (TPSA) is 71.2 Å². The molecule has 1 aromatic heterocycles. The quantitative estimate of drug-likeness (QED) is 0.654. The number of cyclic esters (lactones) is 1. The number of aromatic nitrogens is 1. The van der Waals surface area contributed by atoms with E-state index in [2.05, 4.69) is 10.3 Å². The van der Waals surface area contributed by atoms with Crippen molar-refractivity contribution < 1.29 is 18.7 Å². The van der Waals surface area contributed by atoms with Crippen molar-refractivity contribution in [1.82, 2.24) is 10.3 Å². The second kappa shape index (κ2) is 6.95. The largest absolute Gasteiger partial charge is 0.445 e. The van der Waals surface area contributed by atoms with E-state index < -0.39 is 11.6 Å². The lowest BCUT2D eigenvalue weighted by atomic mass is 9.89. The number of carbonyl (C=O) groups excluding carboxylic acids is 2. The molecule has 0 bridgehead atoms. The number of hydrogen-bond acceptors (Lipinski definition) is 3. The molecule has 4 rings (SSSR count). The van der Waals surface area contributed by atoms with E-state index in [4.69, 9.17) is 16.3 Å². The highest BCUT2D eigenvalue weighted by atomic mass is 35.5. The molecular formula is C21H18ClFN2O3. The lowest BCUT2D eigenvalue weighted by Crippen LogP contribution is -2.52. The van der Waals surface area contributed by atoms with E-state index in [-0.39, 0.29) is 18.1 Å². The van der Waals surface area contributed by atoms with E-state index in [1.54, 1.807) is 37.4 Å². The Kier molecular flexibility index (Phi) is 4.59. The molecule has 0 saturated carbocycles. The van der Waals surface area contributed by atoms with Gasteiger partial charge in [-0.15, -0.1) is 0 Å². The molecule has 5 nitrogen and oxygen atoms in total. The SMILES string of the molecule is CC1(C(=O)NCCc2c[nH]c3ccc(F)cc23)Cc2cc(Cl)ccc2C(=O)O1. The number of ether oxygens (including phenoxy) is 1. The van der Waals surface area contributed by atoms with Gasteiger partial charge in [-0.2, -0.15) is 0 Å². The normalized spacial score (nSPS) is 18.6. The van der Waals surface area contributed by atoms with Crippen molar-refractivity contribution in [1.29, 1.82) is 0 Å². The van der Waals surface area contributed by atoms with Crippen molar-refractivity contribution in [2.45, 2.75) is 25.4 Å². The zero-order valence-electron chi connectivity index (χ0n) is 15.1. The molecule has 2 heterocycles. The minimum absolute atomic E-state index is 0.249. The third kappa shape index (κ3) is 3.36. The van der Waals surface area contributed by atoms with Crippen LogP contribution in [0.2, 0.25) is 5.02 Å². The summed E-state index contributed by atoms with van der Waals surface area (Å²) in [6.45, 7) is 1.92. The fraction of sp³-hybridized carbons (Fsp3) is 0.238. The fourth-order valence-electron chi connectivity index (χ4n) is 3.55. The summed E-state index contributed by atoms with van der Waals surface area (Å²) in [5.74, 6) is -1.23. The second-order valence-corrected chi connectivity index (χ2v) is 7.54. The first kappa shape index (κ1) is 18.5. The number of halogens is 2. The van der Waals surface area contributed by atoms with Crippen LogP contribution in [0.1, 0.15) is 28.4 Å². The Balaban J connectivity index is 1.45. The average Bonchev–Trinajstić information content (AvgIpc) is 3.03. The molecular weight excluding hydrogens is 383 g/mol. The zero-order valence-corrected chi connectivity index (χ0v) is 15.9. The molecule has 0 aliphatic carbocycles. The number of rotatable bonds is 4. The number of benzene rings is 2. The number of nitrogens with one attached hydrogen (secondary N) is 2. The van der Waals surface area contributed by atoms with Gasteiger partial charge in [0.25, 0.3) is 5.91 Å². The molecule has 1 aliphatic heterocycles. The lowest BCUT2D eigenvalue weighted by Gasteiger charge is -2.33. The maximum Gasteiger partial charge on any atom is 0.339 e. The van der Waals surface area contributed by atoms with Crippen LogP contribution in [-0.4, -0.2) is 29.0 Å². The Morgan fingerprint density at radius 3 is 2.96 bits per heavy atom. The monoisotopic (exact) mass is 400 g/mol. The van der Waals surface area contributed by atoms with Gasteiger partial charge in [-0.3, -0.25) is 4.79 Å². The number of amides is 1. The van der Waals surface area contributed by atoms with Crippen LogP contribution in [0.5, 0.6) is 0 Å². The van der Waals surface area contributed by atoms with Crippen LogP contribution in [0, 0.1) is 5.82 Å². The zero-order chi connectivity index (χ0) is 19.9. The molecule has 2 N–H and O–H groups in total. The fourth-order valence-corrected chi connectivity index (χ4v) is 3.74. The molecule has 7 heteroatoms. The van der Waals surface area contributed by atoms with Gasteiger partial charge in [-0.1, -0.05) is 11.6 Å². The number of carbonyl (C=O) groups is 2. The maximum absolute atomic E-state index is 13.5. The van der Waals surface area contributed by atoms with Crippen molar-refractivity contribution in [3.05, 3.63) is 70.1 Å². The molecule has 0 spiro atoms. The van der Waals surface area contributed by atoms with Gasteiger partial charge in [-0.05, 0) is 60.9 Å². The molecule has 3 aromatic rings. The van der Waals surface area contributed by atoms with E-state index in [1.165, 1.54) is 12.1 Å². The van der Waals surface area contributed by atoms with Gasteiger partial charge in [0, 0.05) is 35.1 Å². The maximum atomic E-state index is 13.5. The van der Waals surface area contributed by atoms with Gasteiger partial charge in [0.15, 0.2) is 5.60 Å². The summed E-state index contributed by atoms with van der Waals surface area (Å²) >= 11 is 6.01. The molecule has 1 unspecified atom stereocenters. The number of fused-ring (bicyclic) bond motifs is 2. The second-order valence-electron chi connectivity index (χ2n) is 7.11. The van der Waals surface area contributed by atoms with Crippen LogP contribution in [0.3, 0.4) is 0 Å². The average molecular weight is 401 g/mol. The van der Waals surface area contributed by atoms with Gasteiger partial charge in [0.05, 0.1) is 5.56 Å². The highest BCUT2D eigenvalue weighted by Gasteiger charge is 2.42. The first-order valence-corrected chi connectivity index (χ1v) is 9.29. The molecule has 1 atom stereocenters. The number of esters is 1. The Hall–Kier alpha value is -2.86. The first-order valence-electron chi connectivity index (χ1n) is 8.91. The van der Waals surface area contributed by atoms with Crippen molar-refractivity contribution in [3.8, 4) is 0 Å². The van der Waals surface area contributed by atoms with Gasteiger partial charge < -0.3 is 15.0 Å². The molecule has 0 saturated heterocycles. The summed E-state index contributed by atoms with van der Waals surface area (Å²) < 4.78 is 18.9. The first-order chi connectivity index (χ1) is 13.4. The van der Waals surface area contributed by atoms with Gasteiger partial charge >= 0.3 is 5.97 Å². The van der Waals surface area contributed by atoms with E-state index in [1.807, 2.05) is 0 Å². The third-order valence-corrected chi connectivity index (χ3v) is 5.26. The van der Waals surface area contributed by atoms with Crippen molar-refractivity contribution in [3.63, 3.8) is 0 Å². The van der Waals surface area contributed by atoms with E-state index in [9.17, 15) is 14.0 Å². The molecule has 0 fully saturated rings. The van der Waals surface area contributed by atoms with Gasteiger partial charge in [0.2, 0.25) is 0 Å². The van der Waals surface area contributed by atoms with E-state index in [0.29, 0.717) is 29.1 Å². The number of H-pyrrole nitrogens is 1. The summed E-state index contributed by atoms with van der Waals surface area (Å²) in [5.41, 5.74) is 1.55. The number of aromatic amines is 1. The predicted octanol–water partition coefficient (Wildman–Crippen LogP) is 3.79. The van der Waals surface area contributed by atoms with Crippen LogP contribution >= 0.6 is 11.6 Å². The van der Waals surface area contributed by atoms with Crippen LogP contribution < -0.4 is 5.32 Å². The minimum Gasteiger partial charge on any atom is -0.445 e. The van der Waals surface area contributed by atoms with Gasteiger partial charge in [-0.25, -0.2) is 9.18 Å². The van der Waals surface area contributed by atoms with E-state index in [0.717, 1.165) is 16.5 Å². The Bertz CT molecular complexity index is 1090. The van der Waals surface area contributed by atoms with Crippen LogP contribution in [0.25, 0.3) is 10.9 Å². The van der Waals surface area contributed by atoms with Crippen LogP contribution in [0.4, 0.5) is 4.39 Å².